The highest BCUT2D eigenvalue weighted by atomic mass is 31.2. The molecule has 0 aliphatic heterocycles. The Labute approximate surface area is 285 Å². The topological polar surface area (TPSA) is 44.1 Å². The number of benzene rings is 3. The summed E-state index contributed by atoms with van der Waals surface area (Å²) in [6.45, 7) is 2.76. The Bertz CT molecular complexity index is 1250. The average Bonchev–Trinajstić information content (AvgIpc) is 3.66. The Balaban J connectivity index is 1.09. The summed E-state index contributed by atoms with van der Waals surface area (Å²) in [5, 5.41) is 4.13. The maximum atomic E-state index is 12.6. The van der Waals surface area contributed by atoms with E-state index in [1.807, 2.05) is 12.5 Å². The highest BCUT2D eigenvalue weighted by molar-refractivity contribution is 7.95. The largest absolute Gasteiger partial charge is 0.466 e. The van der Waals surface area contributed by atoms with Crippen LogP contribution in [0.5, 0.6) is 0 Å². The second-order valence-corrected chi connectivity index (χ2v) is 16.6. The van der Waals surface area contributed by atoms with Crippen LogP contribution >= 0.6 is 7.26 Å². The number of carbonyl (C=O) groups is 1. The van der Waals surface area contributed by atoms with Crippen molar-refractivity contribution >= 4 is 29.1 Å². The van der Waals surface area contributed by atoms with Crippen LogP contribution < -0.4 is 15.9 Å². The summed E-state index contributed by atoms with van der Waals surface area (Å²) in [4.78, 5) is 16.9. The van der Waals surface area contributed by atoms with Crippen molar-refractivity contribution in [3.63, 3.8) is 0 Å². The van der Waals surface area contributed by atoms with E-state index in [1.165, 1.54) is 93.0 Å². The summed E-state index contributed by atoms with van der Waals surface area (Å²) in [6.07, 6.45) is 26.0. The summed E-state index contributed by atoms with van der Waals surface area (Å²) in [7, 11) is -1.87. The molecule has 1 unspecified atom stereocenters. The van der Waals surface area contributed by atoms with E-state index in [2.05, 4.69) is 114 Å². The van der Waals surface area contributed by atoms with Crippen molar-refractivity contribution < 1.29 is 9.53 Å². The first-order chi connectivity index (χ1) is 23.2. The maximum absolute atomic E-state index is 12.6. The van der Waals surface area contributed by atoms with Gasteiger partial charge in [0.1, 0.15) is 23.2 Å². The van der Waals surface area contributed by atoms with Gasteiger partial charge in [0.05, 0.1) is 19.1 Å². The van der Waals surface area contributed by atoms with Gasteiger partial charge in [0.25, 0.3) is 0 Å². The number of carbonyl (C=O) groups excluding carboxylic acids is 1. The molecule has 0 radical (unpaired) electrons. The Morgan fingerprint density at radius 3 is 1.64 bits per heavy atom. The molecule has 4 nitrogen and oxygen atoms in total. The monoisotopic (exact) mass is 653 g/mol. The van der Waals surface area contributed by atoms with E-state index in [4.69, 9.17) is 4.74 Å². The van der Waals surface area contributed by atoms with Gasteiger partial charge in [-0.1, -0.05) is 132 Å². The number of imidazole rings is 1. The van der Waals surface area contributed by atoms with Crippen molar-refractivity contribution in [2.75, 3.05) is 12.8 Å². The van der Waals surface area contributed by atoms with E-state index >= 15 is 0 Å². The average molecular weight is 654 g/mol. The zero-order valence-corrected chi connectivity index (χ0v) is 29.8. The van der Waals surface area contributed by atoms with Gasteiger partial charge in [-0.05, 0) is 55.7 Å². The molecule has 0 N–H and O–H groups in total. The number of unbranched alkanes of at least 4 members (excludes halogenated alkanes) is 10. The minimum atomic E-state index is -1.87. The molecule has 1 heterocycles. The molecule has 5 heteroatoms. The third-order valence-electron chi connectivity index (χ3n) is 9.50. The molecular weight excluding hydrogens is 595 g/mol. The molecular formula is C42H58N2O2P+. The highest BCUT2D eigenvalue weighted by Gasteiger charge is 2.44. The van der Waals surface area contributed by atoms with Crippen LogP contribution in [-0.2, 0) is 9.53 Å². The number of hydrogen-bond acceptors (Lipinski definition) is 3. The van der Waals surface area contributed by atoms with E-state index in [0.717, 1.165) is 25.4 Å². The van der Waals surface area contributed by atoms with Crippen molar-refractivity contribution in [2.24, 2.45) is 0 Å². The molecule has 0 spiro atoms. The number of hydrogen-bond donors (Lipinski definition) is 0. The summed E-state index contributed by atoms with van der Waals surface area (Å²) < 4.78 is 8.09. The van der Waals surface area contributed by atoms with Crippen LogP contribution in [0.25, 0.3) is 0 Å². The lowest BCUT2D eigenvalue weighted by Crippen LogP contribution is -2.33. The Hall–Kier alpha value is -3.23. The number of aromatic nitrogens is 2. The van der Waals surface area contributed by atoms with Gasteiger partial charge in [-0.15, -0.1) is 0 Å². The van der Waals surface area contributed by atoms with E-state index < -0.39 is 7.26 Å². The fourth-order valence-corrected chi connectivity index (χ4v) is 11.2. The summed E-state index contributed by atoms with van der Waals surface area (Å²) in [5.74, 6) is -0.0447. The molecule has 0 amide bonds. The smallest absolute Gasteiger partial charge is 0.305 e. The lowest BCUT2D eigenvalue weighted by atomic mass is 10.0. The molecule has 3 aromatic carbocycles. The molecule has 0 bridgehead atoms. The maximum Gasteiger partial charge on any atom is 0.305 e. The van der Waals surface area contributed by atoms with Crippen molar-refractivity contribution in [2.45, 2.75) is 116 Å². The van der Waals surface area contributed by atoms with Crippen LogP contribution in [0.3, 0.4) is 0 Å². The lowest BCUT2D eigenvalue weighted by molar-refractivity contribution is -0.143. The SMILES string of the molecule is CCCCCC(CCCCCCCCCCCC(=O)OCCC[P+](c1ccccc1)(c1ccccc1)c1ccccc1)n1ccnc1. The zero-order chi connectivity index (χ0) is 32.8. The van der Waals surface area contributed by atoms with E-state index in [9.17, 15) is 4.79 Å². The fourth-order valence-electron chi connectivity index (χ4n) is 6.89. The van der Waals surface area contributed by atoms with Gasteiger partial charge < -0.3 is 9.30 Å². The van der Waals surface area contributed by atoms with Gasteiger partial charge in [0, 0.05) is 31.3 Å². The number of rotatable bonds is 24. The molecule has 0 saturated heterocycles. The summed E-state index contributed by atoms with van der Waals surface area (Å²) >= 11 is 0. The van der Waals surface area contributed by atoms with Crippen LogP contribution in [0.15, 0.2) is 110 Å². The lowest BCUT2D eigenvalue weighted by Gasteiger charge is -2.27. The summed E-state index contributed by atoms with van der Waals surface area (Å²) in [5.41, 5.74) is 0. The molecule has 0 aliphatic carbocycles. The molecule has 1 aromatic heterocycles. The van der Waals surface area contributed by atoms with E-state index in [1.54, 1.807) is 0 Å². The molecule has 0 aliphatic rings. The Morgan fingerprint density at radius 2 is 1.15 bits per heavy atom. The fraction of sp³-hybridized carbons (Fsp3) is 0.476. The first-order valence-electron chi connectivity index (χ1n) is 18.4. The molecule has 0 fully saturated rings. The van der Waals surface area contributed by atoms with Crippen molar-refractivity contribution in [3.8, 4) is 0 Å². The van der Waals surface area contributed by atoms with Gasteiger partial charge in [-0.2, -0.15) is 0 Å². The number of ether oxygens (including phenoxy) is 1. The Morgan fingerprint density at radius 1 is 0.660 bits per heavy atom. The second kappa shape index (κ2) is 21.6. The van der Waals surface area contributed by atoms with E-state index in [0.29, 0.717) is 19.1 Å². The highest BCUT2D eigenvalue weighted by Crippen LogP contribution is 2.55. The van der Waals surface area contributed by atoms with Crippen molar-refractivity contribution in [3.05, 3.63) is 110 Å². The molecule has 252 valence electrons. The summed E-state index contributed by atoms with van der Waals surface area (Å²) in [6, 6.07) is 33.4. The molecule has 0 saturated carbocycles. The van der Waals surface area contributed by atoms with Crippen LogP contribution in [0.2, 0.25) is 0 Å². The third-order valence-corrected chi connectivity index (χ3v) is 14.0. The standard InChI is InChI=1S/C42H58N2O2P/c1-2-3-14-24-38(44-34-33-43-37-44)25-15-9-7-5-4-6-8-10-22-32-42(45)46-35-23-36-47(39-26-16-11-17-27-39,40-28-18-12-19-29-40)41-30-20-13-21-31-41/h11-13,16-21,26-31,33-34,37-38H,2-10,14-15,22-25,32,35-36H2,1H3/q+1. The van der Waals surface area contributed by atoms with Crippen LogP contribution in [-0.4, -0.2) is 28.3 Å². The number of esters is 1. The molecule has 4 rings (SSSR count). The van der Waals surface area contributed by atoms with Gasteiger partial charge >= 0.3 is 5.97 Å². The minimum absolute atomic E-state index is 0.0447. The van der Waals surface area contributed by atoms with Crippen molar-refractivity contribution in [1.29, 1.82) is 0 Å². The first-order valence-corrected chi connectivity index (χ1v) is 20.4. The second-order valence-electron chi connectivity index (χ2n) is 13.0. The number of nitrogens with zero attached hydrogens (tertiary/aromatic N) is 2. The van der Waals surface area contributed by atoms with Gasteiger partial charge in [0.2, 0.25) is 0 Å². The predicted octanol–water partition coefficient (Wildman–Crippen LogP) is 10.2. The van der Waals surface area contributed by atoms with Gasteiger partial charge in [0.15, 0.2) is 0 Å². The van der Waals surface area contributed by atoms with Gasteiger partial charge in [-0.3, -0.25) is 4.79 Å². The first kappa shape index (κ1) is 36.6. The zero-order valence-electron chi connectivity index (χ0n) is 28.9. The predicted molar refractivity (Wildman–Crippen MR) is 202 cm³/mol. The molecule has 47 heavy (non-hydrogen) atoms. The quantitative estimate of drug-likeness (QED) is 0.0429. The minimum Gasteiger partial charge on any atom is -0.466 e. The van der Waals surface area contributed by atoms with Crippen LogP contribution in [0.4, 0.5) is 0 Å². The molecule has 1 atom stereocenters. The third kappa shape index (κ3) is 12.1. The van der Waals surface area contributed by atoms with Gasteiger partial charge in [-0.25, -0.2) is 4.98 Å². The molecule has 4 aromatic rings. The Kier molecular flexibility index (Phi) is 16.8. The van der Waals surface area contributed by atoms with Crippen LogP contribution in [0, 0.1) is 0 Å². The normalized spacial score (nSPS) is 12.2. The van der Waals surface area contributed by atoms with E-state index in [-0.39, 0.29) is 5.97 Å². The van der Waals surface area contributed by atoms with Crippen molar-refractivity contribution in [1.82, 2.24) is 9.55 Å². The van der Waals surface area contributed by atoms with Crippen LogP contribution in [0.1, 0.15) is 116 Å².